The second kappa shape index (κ2) is 7.34. The van der Waals surface area contributed by atoms with Crippen molar-refractivity contribution in [1.82, 2.24) is 10.2 Å². The van der Waals surface area contributed by atoms with Gasteiger partial charge in [0.1, 0.15) is 0 Å². The van der Waals surface area contributed by atoms with Gasteiger partial charge < -0.3 is 10.1 Å². The molecule has 1 heterocycles. The van der Waals surface area contributed by atoms with Crippen LogP contribution in [0.3, 0.4) is 0 Å². The van der Waals surface area contributed by atoms with Gasteiger partial charge in [0.05, 0.1) is 13.2 Å². The van der Waals surface area contributed by atoms with Gasteiger partial charge in [-0.15, -0.1) is 0 Å². The molecule has 3 heteroatoms. The topological polar surface area (TPSA) is 24.5 Å². The van der Waals surface area contributed by atoms with Crippen LogP contribution in [0.15, 0.2) is 0 Å². The Morgan fingerprint density at radius 1 is 1.29 bits per heavy atom. The summed E-state index contributed by atoms with van der Waals surface area (Å²) >= 11 is 0. The average Bonchev–Trinajstić information content (AvgIpc) is 2.84. The first-order chi connectivity index (χ1) is 8.40. The standard InChI is InChI=1S/C14H28N2O/c1-2-7-15-10-14-12-17-9-8-16(14)11-13-5-3-4-6-13/h13-15H,2-12H2,1H3. The van der Waals surface area contributed by atoms with Crippen LogP contribution in [0.2, 0.25) is 0 Å². The Balaban J connectivity index is 1.74. The van der Waals surface area contributed by atoms with Crippen LogP contribution in [0.4, 0.5) is 0 Å². The van der Waals surface area contributed by atoms with Crippen molar-refractivity contribution in [3.8, 4) is 0 Å². The van der Waals surface area contributed by atoms with Crippen LogP contribution in [0.25, 0.3) is 0 Å². The van der Waals surface area contributed by atoms with Gasteiger partial charge in [0.15, 0.2) is 0 Å². The number of hydrogen-bond acceptors (Lipinski definition) is 3. The average molecular weight is 240 g/mol. The molecule has 100 valence electrons. The normalized spacial score (nSPS) is 27.7. The third kappa shape index (κ3) is 4.23. The minimum Gasteiger partial charge on any atom is -0.378 e. The van der Waals surface area contributed by atoms with Crippen LogP contribution in [-0.2, 0) is 4.74 Å². The smallest absolute Gasteiger partial charge is 0.0634 e. The van der Waals surface area contributed by atoms with Gasteiger partial charge in [-0.2, -0.15) is 0 Å². The minimum atomic E-state index is 0.607. The van der Waals surface area contributed by atoms with E-state index in [1.54, 1.807) is 0 Å². The second-order valence-electron chi connectivity index (χ2n) is 5.58. The summed E-state index contributed by atoms with van der Waals surface area (Å²) < 4.78 is 5.63. The highest BCUT2D eigenvalue weighted by molar-refractivity contribution is 4.81. The quantitative estimate of drug-likeness (QED) is 0.717. The van der Waals surface area contributed by atoms with Gasteiger partial charge in [-0.1, -0.05) is 19.8 Å². The van der Waals surface area contributed by atoms with Gasteiger partial charge >= 0.3 is 0 Å². The summed E-state index contributed by atoms with van der Waals surface area (Å²) in [7, 11) is 0. The Hall–Kier alpha value is -0.120. The monoisotopic (exact) mass is 240 g/mol. The molecule has 0 aromatic rings. The molecule has 3 nitrogen and oxygen atoms in total. The number of hydrogen-bond donors (Lipinski definition) is 1. The molecule has 1 unspecified atom stereocenters. The summed E-state index contributed by atoms with van der Waals surface area (Å²) in [5.74, 6) is 0.960. The number of nitrogens with one attached hydrogen (secondary N) is 1. The molecule has 1 atom stereocenters. The number of morpholine rings is 1. The molecule has 2 fully saturated rings. The van der Waals surface area contributed by atoms with Crippen molar-refractivity contribution in [2.24, 2.45) is 5.92 Å². The number of nitrogens with zero attached hydrogens (tertiary/aromatic N) is 1. The van der Waals surface area contributed by atoms with Crippen molar-refractivity contribution in [3.05, 3.63) is 0 Å². The van der Waals surface area contributed by atoms with Crippen molar-refractivity contribution in [2.75, 3.05) is 39.4 Å². The minimum absolute atomic E-state index is 0.607. The zero-order valence-corrected chi connectivity index (χ0v) is 11.3. The van der Waals surface area contributed by atoms with E-state index in [0.29, 0.717) is 6.04 Å². The fourth-order valence-electron chi connectivity index (χ4n) is 3.09. The first-order valence-corrected chi connectivity index (χ1v) is 7.42. The van der Waals surface area contributed by atoms with Crippen LogP contribution >= 0.6 is 0 Å². The highest BCUT2D eigenvalue weighted by atomic mass is 16.5. The van der Waals surface area contributed by atoms with Crippen molar-refractivity contribution in [3.63, 3.8) is 0 Å². The molecular formula is C14H28N2O. The Kier molecular flexibility index (Phi) is 5.75. The maximum absolute atomic E-state index is 5.63. The molecule has 1 saturated carbocycles. The molecule has 0 aromatic carbocycles. The molecule has 17 heavy (non-hydrogen) atoms. The molecule has 0 spiro atoms. The third-order valence-electron chi connectivity index (χ3n) is 4.12. The molecule has 0 bridgehead atoms. The summed E-state index contributed by atoms with van der Waals surface area (Å²) in [6, 6.07) is 0.607. The summed E-state index contributed by atoms with van der Waals surface area (Å²) in [6.07, 6.45) is 7.02. The SMILES string of the molecule is CCCNCC1COCCN1CC1CCCC1. The molecule has 0 radical (unpaired) electrons. The van der Waals surface area contributed by atoms with Gasteiger partial charge in [-0.05, 0) is 31.7 Å². The van der Waals surface area contributed by atoms with E-state index < -0.39 is 0 Å². The van der Waals surface area contributed by atoms with E-state index in [1.165, 1.54) is 38.6 Å². The summed E-state index contributed by atoms with van der Waals surface area (Å²) in [5, 5.41) is 3.54. The molecule has 1 saturated heterocycles. The van der Waals surface area contributed by atoms with Gasteiger partial charge in [0, 0.05) is 25.7 Å². The number of ether oxygens (including phenoxy) is 1. The number of rotatable bonds is 6. The molecule has 2 rings (SSSR count). The van der Waals surface area contributed by atoms with Gasteiger partial charge in [-0.25, -0.2) is 0 Å². The zero-order valence-electron chi connectivity index (χ0n) is 11.3. The molecule has 2 aliphatic rings. The Morgan fingerprint density at radius 2 is 2.12 bits per heavy atom. The van der Waals surface area contributed by atoms with Crippen LogP contribution < -0.4 is 5.32 Å². The lowest BCUT2D eigenvalue weighted by Crippen LogP contribution is -2.51. The second-order valence-corrected chi connectivity index (χ2v) is 5.58. The lowest BCUT2D eigenvalue weighted by molar-refractivity contribution is -0.0131. The van der Waals surface area contributed by atoms with Crippen molar-refractivity contribution < 1.29 is 4.74 Å². The van der Waals surface area contributed by atoms with Gasteiger partial charge in [-0.3, -0.25) is 4.90 Å². The summed E-state index contributed by atoms with van der Waals surface area (Å²) in [5.41, 5.74) is 0. The van der Waals surface area contributed by atoms with Crippen LogP contribution in [0.1, 0.15) is 39.0 Å². The van der Waals surface area contributed by atoms with Crippen LogP contribution in [-0.4, -0.2) is 50.3 Å². The van der Waals surface area contributed by atoms with Gasteiger partial charge in [0.2, 0.25) is 0 Å². The lowest BCUT2D eigenvalue weighted by Gasteiger charge is -2.37. The van der Waals surface area contributed by atoms with E-state index in [1.807, 2.05) is 0 Å². The lowest BCUT2D eigenvalue weighted by atomic mass is 10.1. The molecule has 0 aromatic heterocycles. The molecule has 1 N–H and O–H groups in total. The van der Waals surface area contributed by atoms with E-state index in [9.17, 15) is 0 Å². The molecule has 0 amide bonds. The molecule has 1 aliphatic carbocycles. The highest BCUT2D eigenvalue weighted by Crippen LogP contribution is 2.26. The maximum Gasteiger partial charge on any atom is 0.0634 e. The van der Waals surface area contributed by atoms with Gasteiger partial charge in [0.25, 0.3) is 0 Å². The molecule has 1 aliphatic heterocycles. The predicted molar refractivity (Wildman–Crippen MR) is 71.3 cm³/mol. The van der Waals surface area contributed by atoms with E-state index in [4.69, 9.17) is 4.74 Å². The van der Waals surface area contributed by atoms with Crippen LogP contribution in [0.5, 0.6) is 0 Å². The fraction of sp³-hybridized carbons (Fsp3) is 1.00. The third-order valence-corrected chi connectivity index (χ3v) is 4.12. The first-order valence-electron chi connectivity index (χ1n) is 7.42. The Morgan fingerprint density at radius 3 is 2.88 bits per heavy atom. The van der Waals surface area contributed by atoms with Crippen molar-refractivity contribution in [1.29, 1.82) is 0 Å². The zero-order chi connectivity index (χ0) is 11.9. The van der Waals surface area contributed by atoms with E-state index in [-0.39, 0.29) is 0 Å². The Bertz CT molecular complexity index is 204. The Labute approximate surface area is 106 Å². The van der Waals surface area contributed by atoms with E-state index >= 15 is 0 Å². The highest BCUT2D eigenvalue weighted by Gasteiger charge is 2.26. The van der Waals surface area contributed by atoms with Crippen LogP contribution in [0, 0.1) is 5.92 Å². The van der Waals surface area contributed by atoms with E-state index in [2.05, 4.69) is 17.1 Å². The van der Waals surface area contributed by atoms with E-state index in [0.717, 1.165) is 38.8 Å². The van der Waals surface area contributed by atoms with Crippen molar-refractivity contribution >= 4 is 0 Å². The van der Waals surface area contributed by atoms with Crippen molar-refractivity contribution in [2.45, 2.75) is 45.1 Å². The largest absolute Gasteiger partial charge is 0.378 e. The predicted octanol–water partition coefficient (Wildman–Crippen LogP) is 1.88. The first kappa shape index (κ1) is 13.3. The fourth-order valence-corrected chi connectivity index (χ4v) is 3.09. The summed E-state index contributed by atoms with van der Waals surface area (Å²) in [4.78, 5) is 2.67. The molecular weight excluding hydrogens is 212 g/mol. The maximum atomic E-state index is 5.63. The summed E-state index contributed by atoms with van der Waals surface area (Å²) in [6.45, 7) is 8.74.